The standard InChI is InChI=1S/C12H26O3Si.C7H14O3.C7H14O2.8CH4/c1-7-12(2,3)11(13)15-9-8-10-16(5,6)14-4;1-3-6(2)7(9)10-5-4-8;1-5-7(2,3)6(8)9-4;;;;;;;;/h7-10H2,1-6H3;6,8H,3-5H2,1-2H3;5H2,1-4H3;8*1H4. The highest BCUT2D eigenvalue weighted by molar-refractivity contribution is 6.71. The third kappa shape index (κ3) is 38.5. The van der Waals surface area contributed by atoms with Crippen molar-refractivity contribution in [1.82, 2.24) is 0 Å². The van der Waals surface area contributed by atoms with Crippen molar-refractivity contribution in [2.75, 3.05) is 34.0 Å². The zero-order valence-electron chi connectivity index (χ0n) is 24.5. The summed E-state index contributed by atoms with van der Waals surface area (Å²) < 4.78 is 19.9. The Morgan fingerprint density at radius 1 is 0.721 bits per heavy atom. The van der Waals surface area contributed by atoms with E-state index in [4.69, 9.17) is 14.3 Å². The number of hydrogen-bond acceptors (Lipinski definition) is 8. The van der Waals surface area contributed by atoms with Crippen LogP contribution in [0.2, 0.25) is 19.1 Å². The third-order valence-corrected chi connectivity index (χ3v) is 8.78. The Balaban J connectivity index is -0.0000000378. The van der Waals surface area contributed by atoms with Crippen LogP contribution in [0.15, 0.2) is 0 Å². The molecule has 0 aromatic rings. The van der Waals surface area contributed by atoms with Gasteiger partial charge >= 0.3 is 17.9 Å². The predicted molar refractivity (Wildman–Crippen MR) is 196 cm³/mol. The number of ether oxygens (including phenoxy) is 3. The molecule has 1 atom stereocenters. The Bertz CT molecular complexity index is 591. The van der Waals surface area contributed by atoms with Crippen LogP contribution in [0.3, 0.4) is 0 Å². The van der Waals surface area contributed by atoms with Crippen LogP contribution in [-0.2, 0) is 33.0 Å². The lowest BCUT2D eigenvalue weighted by atomic mass is 9.91. The number of hydrogen-bond donors (Lipinski definition) is 1. The summed E-state index contributed by atoms with van der Waals surface area (Å²) in [7, 11) is 1.68. The molecule has 43 heavy (non-hydrogen) atoms. The van der Waals surface area contributed by atoms with Gasteiger partial charge in [0.25, 0.3) is 0 Å². The van der Waals surface area contributed by atoms with Gasteiger partial charge in [-0.1, -0.05) is 87.1 Å². The predicted octanol–water partition coefficient (Wildman–Crippen LogP) is 10.5. The Labute approximate surface area is 274 Å². The van der Waals surface area contributed by atoms with E-state index in [1.807, 2.05) is 48.5 Å². The minimum absolute atomic E-state index is 0. The van der Waals surface area contributed by atoms with E-state index in [0.717, 1.165) is 31.7 Å². The zero-order valence-corrected chi connectivity index (χ0v) is 25.5. The fraction of sp³-hybridized carbons (Fsp3) is 0.912. The van der Waals surface area contributed by atoms with Gasteiger partial charge in [-0.05, 0) is 72.5 Å². The first-order valence-corrected chi connectivity index (χ1v) is 15.7. The van der Waals surface area contributed by atoms with Crippen molar-refractivity contribution in [2.45, 2.75) is 160 Å². The topological polar surface area (TPSA) is 108 Å². The van der Waals surface area contributed by atoms with Crippen LogP contribution in [0, 0.1) is 16.7 Å². The van der Waals surface area contributed by atoms with E-state index in [2.05, 4.69) is 22.6 Å². The Morgan fingerprint density at radius 3 is 1.40 bits per heavy atom. The zero-order chi connectivity index (χ0) is 28.3. The lowest BCUT2D eigenvalue weighted by Crippen LogP contribution is -2.30. The van der Waals surface area contributed by atoms with Crippen LogP contribution in [0.25, 0.3) is 0 Å². The van der Waals surface area contributed by atoms with Gasteiger partial charge in [-0.2, -0.15) is 0 Å². The van der Waals surface area contributed by atoms with Crippen LogP contribution in [0.4, 0.5) is 0 Å². The molecule has 0 aromatic carbocycles. The summed E-state index contributed by atoms with van der Waals surface area (Å²) in [6, 6.07) is 1.03. The number of rotatable bonds is 13. The second kappa shape index (κ2) is 38.6. The quantitative estimate of drug-likeness (QED) is 0.0907. The Kier molecular flexibility index (Phi) is 65.7. The maximum absolute atomic E-state index is 11.6. The van der Waals surface area contributed by atoms with Gasteiger partial charge in [-0.25, -0.2) is 0 Å². The average molecular weight is 651 g/mol. The van der Waals surface area contributed by atoms with E-state index < -0.39 is 8.32 Å². The van der Waals surface area contributed by atoms with Gasteiger partial charge < -0.3 is 23.7 Å². The average Bonchev–Trinajstić information content (AvgIpc) is 2.84. The monoisotopic (exact) mass is 651 g/mol. The van der Waals surface area contributed by atoms with Crippen molar-refractivity contribution in [3.05, 3.63) is 0 Å². The van der Waals surface area contributed by atoms with Crippen LogP contribution in [-0.4, -0.2) is 65.4 Å². The lowest BCUT2D eigenvalue weighted by Gasteiger charge is -2.22. The highest BCUT2D eigenvalue weighted by Crippen LogP contribution is 2.22. The van der Waals surface area contributed by atoms with Gasteiger partial charge in [0.2, 0.25) is 0 Å². The molecule has 0 aromatic heterocycles. The van der Waals surface area contributed by atoms with E-state index >= 15 is 0 Å². The molecule has 0 saturated heterocycles. The number of aliphatic hydroxyl groups excluding tert-OH is 1. The van der Waals surface area contributed by atoms with Crippen molar-refractivity contribution in [3.8, 4) is 0 Å². The molecule has 274 valence electrons. The smallest absolute Gasteiger partial charge is 0.311 e. The van der Waals surface area contributed by atoms with Crippen molar-refractivity contribution in [2.24, 2.45) is 16.7 Å². The van der Waals surface area contributed by atoms with Gasteiger partial charge in [0.15, 0.2) is 8.32 Å². The van der Waals surface area contributed by atoms with E-state index in [-0.39, 0.29) is 107 Å². The molecule has 1 unspecified atom stereocenters. The number of carbonyl (C=O) groups excluding carboxylic acids is 3. The SMILES string of the molecule is C.C.C.C.C.C.C.C.CCC(C)(C)C(=O)OC.CCC(C)(C)C(=O)OCCC[Si](C)(C)OC.CCC(C)C(=O)OCCO. The summed E-state index contributed by atoms with van der Waals surface area (Å²) in [5, 5.41) is 8.29. The number of aliphatic hydroxyl groups is 1. The largest absolute Gasteiger partial charge is 0.469 e. The number of methoxy groups -OCH3 is 1. The summed E-state index contributed by atoms with van der Waals surface area (Å²) in [5.41, 5.74) is -0.664. The molecular weight excluding hydrogens is 564 g/mol. The van der Waals surface area contributed by atoms with Crippen molar-refractivity contribution < 1.29 is 38.1 Å². The molecule has 0 aliphatic rings. The molecule has 0 bridgehead atoms. The summed E-state index contributed by atoms with van der Waals surface area (Å²) >= 11 is 0. The third-order valence-electron chi connectivity index (χ3n) is 6.12. The summed E-state index contributed by atoms with van der Waals surface area (Å²) in [6.07, 6.45) is 3.31. The van der Waals surface area contributed by atoms with E-state index in [1.165, 1.54) is 7.11 Å². The van der Waals surface area contributed by atoms with Crippen LogP contribution >= 0.6 is 0 Å². The maximum Gasteiger partial charge on any atom is 0.311 e. The molecule has 0 aliphatic carbocycles. The lowest BCUT2D eigenvalue weighted by molar-refractivity contribution is -0.154. The van der Waals surface area contributed by atoms with Crippen molar-refractivity contribution >= 4 is 26.2 Å². The minimum atomic E-state index is -1.49. The van der Waals surface area contributed by atoms with E-state index in [1.54, 1.807) is 14.0 Å². The molecular formula is C34H86O8Si. The molecule has 0 saturated carbocycles. The summed E-state index contributed by atoms with van der Waals surface area (Å²) in [6.45, 7) is 20.2. The first-order chi connectivity index (χ1) is 16.0. The molecule has 0 radical (unpaired) electrons. The minimum Gasteiger partial charge on any atom is -0.469 e. The van der Waals surface area contributed by atoms with Crippen molar-refractivity contribution in [1.29, 1.82) is 0 Å². The molecule has 0 spiro atoms. The fourth-order valence-electron chi connectivity index (χ4n) is 1.98. The first-order valence-electron chi connectivity index (χ1n) is 12.6. The number of carbonyl (C=O) groups is 3. The van der Waals surface area contributed by atoms with Crippen LogP contribution in [0.1, 0.15) is 140 Å². The molecule has 1 N–H and O–H groups in total. The Morgan fingerprint density at radius 2 is 1.12 bits per heavy atom. The van der Waals surface area contributed by atoms with Gasteiger partial charge in [0, 0.05) is 7.11 Å². The van der Waals surface area contributed by atoms with Gasteiger partial charge in [0.1, 0.15) is 6.61 Å². The van der Waals surface area contributed by atoms with Gasteiger partial charge in [-0.3, -0.25) is 14.4 Å². The molecule has 0 fully saturated rings. The molecule has 8 nitrogen and oxygen atoms in total. The van der Waals surface area contributed by atoms with E-state index in [9.17, 15) is 14.4 Å². The summed E-state index contributed by atoms with van der Waals surface area (Å²) in [5.74, 6) is -0.500. The molecule has 0 aliphatic heterocycles. The van der Waals surface area contributed by atoms with Crippen molar-refractivity contribution in [3.63, 3.8) is 0 Å². The van der Waals surface area contributed by atoms with Gasteiger partial charge in [-0.15, -0.1) is 0 Å². The number of esters is 3. The second-order valence-electron chi connectivity index (χ2n) is 10.4. The maximum atomic E-state index is 11.6. The highest BCUT2D eigenvalue weighted by Gasteiger charge is 2.27. The molecule has 0 heterocycles. The first kappa shape index (κ1) is 73.2. The summed E-state index contributed by atoms with van der Waals surface area (Å²) in [4.78, 5) is 33.3. The molecule has 0 amide bonds. The normalized spacial score (nSPS) is 9.98. The second-order valence-corrected chi connectivity index (χ2v) is 14.8. The van der Waals surface area contributed by atoms with Crippen LogP contribution in [0.5, 0.6) is 0 Å². The molecule has 9 heteroatoms. The Hall–Kier alpha value is -1.45. The van der Waals surface area contributed by atoms with Crippen LogP contribution < -0.4 is 0 Å². The van der Waals surface area contributed by atoms with Gasteiger partial charge in [0.05, 0.1) is 37.1 Å². The molecule has 0 rings (SSSR count). The fourth-order valence-corrected chi connectivity index (χ4v) is 3.18. The van der Waals surface area contributed by atoms with E-state index in [0.29, 0.717) is 6.61 Å². The highest BCUT2D eigenvalue weighted by atomic mass is 28.4.